The number of rotatable bonds is 5. The maximum Gasteiger partial charge on any atom is 0.354 e. The normalized spacial score (nSPS) is 23.7. The Balaban J connectivity index is 6.08. The molecule has 0 N–H and O–H groups in total. The lowest BCUT2D eigenvalue weighted by Gasteiger charge is -2.42. The van der Waals surface area contributed by atoms with E-state index in [1.807, 2.05) is 0 Å². The van der Waals surface area contributed by atoms with Crippen LogP contribution in [0.1, 0.15) is 0 Å². The Morgan fingerprint density at radius 2 is 0.750 bits per heavy atom. The Hall–Kier alpha value is 1.20. The van der Waals surface area contributed by atoms with E-state index >= 15 is 0 Å². The lowest BCUT2D eigenvalue weighted by Crippen LogP contribution is -2.67. The molecule has 0 rings (SSSR count). The molecule has 0 spiro atoms. The second-order valence-electron chi connectivity index (χ2n) is 3.29. The van der Waals surface area contributed by atoms with Gasteiger partial charge in [-0.2, -0.15) is 26.3 Å². The average molecular weight is 509 g/mol. The minimum absolute atomic E-state index is 1.04. The Bertz CT molecular complexity index is 337. The largest absolute Gasteiger partial charge is 0.354 e. The Labute approximate surface area is 137 Å². The molecule has 3 atom stereocenters. The van der Waals surface area contributed by atoms with E-state index in [4.69, 9.17) is 0 Å². The molecular formula is C6Br2Cl3F9. The van der Waals surface area contributed by atoms with Gasteiger partial charge in [0.1, 0.15) is 0 Å². The van der Waals surface area contributed by atoms with Gasteiger partial charge in [-0.25, -0.2) is 13.2 Å². The van der Waals surface area contributed by atoms with E-state index in [0.717, 1.165) is 31.9 Å². The van der Waals surface area contributed by atoms with Crippen molar-refractivity contribution >= 4 is 66.7 Å². The van der Waals surface area contributed by atoms with Gasteiger partial charge in [0.25, 0.3) is 0 Å². The lowest BCUT2D eigenvalue weighted by molar-refractivity contribution is -0.242. The third-order valence-corrected chi connectivity index (χ3v) is 5.01. The van der Waals surface area contributed by atoms with Crippen LogP contribution in [0.5, 0.6) is 0 Å². The summed E-state index contributed by atoms with van der Waals surface area (Å²) in [6.45, 7) is 0. The van der Waals surface area contributed by atoms with Crippen LogP contribution in [0.3, 0.4) is 0 Å². The second kappa shape index (κ2) is 5.38. The molecule has 0 fully saturated rings. The molecule has 0 nitrogen and oxygen atoms in total. The van der Waals surface area contributed by atoms with Crippen molar-refractivity contribution in [3.63, 3.8) is 0 Å². The summed E-state index contributed by atoms with van der Waals surface area (Å²) in [6.07, 6.45) is 0. The van der Waals surface area contributed by atoms with Crippen LogP contribution in [0.15, 0.2) is 0 Å². The quantitative estimate of drug-likeness (QED) is 0.301. The average Bonchev–Trinajstić information content (AvgIpc) is 2.12. The van der Waals surface area contributed by atoms with Crippen LogP contribution >= 0.6 is 66.7 Å². The number of alkyl halides is 14. The second-order valence-corrected chi connectivity index (χ2v) is 6.85. The molecular weight excluding hydrogens is 509 g/mol. The Kier molecular flexibility index (Phi) is 5.70. The molecule has 0 saturated heterocycles. The molecule has 0 aliphatic carbocycles. The zero-order valence-corrected chi connectivity index (χ0v) is 13.7. The summed E-state index contributed by atoms with van der Waals surface area (Å²) in [6, 6.07) is 0. The first kappa shape index (κ1) is 21.2. The van der Waals surface area contributed by atoms with Crippen LogP contribution in [-0.2, 0) is 0 Å². The van der Waals surface area contributed by atoms with Crippen LogP contribution in [0.4, 0.5) is 39.5 Å². The summed E-state index contributed by atoms with van der Waals surface area (Å²) < 4.78 is 117. The first-order valence-corrected chi connectivity index (χ1v) is 6.62. The Morgan fingerprint density at radius 3 is 0.950 bits per heavy atom. The predicted molar refractivity (Wildman–Crippen MR) is 61.8 cm³/mol. The van der Waals surface area contributed by atoms with E-state index in [-0.39, 0.29) is 0 Å². The SMILES string of the molecule is FC(F)(Br)C(F)(Cl)C(F)(F)C(F)(Cl)C(F)(Cl)C(F)(F)Br. The van der Waals surface area contributed by atoms with Gasteiger partial charge in [0.05, 0.1) is 0 Å². The van der Waals surface area contributed by atoms with Gasteiger partial charge < -0.3 is 0 Å². The molecule has 0 bridgehead atoms. The molecule has 3 unspecified atom stereocenters. The first-order chi connectivity index (χ1) is 8.25. The molecule has 0 aliphatic heterocycles. The maximum atomic E-state index is 13.5. The van der Waals surface area contributed by atoms with Crippen molar-refractivity contribution in [2.24, 2.45) is 0 Å². The molecule has 0 aliphatic rings. The number of hydrogen-bond donors (Lipinski definition) is 0. The highest BCUT2D eigenvalue weighted by atomic mass is 79.9. The first-order valence-electron chi connectivity index (χ1n) is 3.90. The van der Waals surface area contributed by atoms with Gasteiger partial charge in [-0.3, -0.25) is 0 Å². The fourth-order valence-corrected chi connectivity index (χ4v) is 1.93. The lowest BCUT2D eigenvalue weighted by atomic mass is 10.0. The standard InChI is InChI=1S/C6Br2Cl3F9/c7-5(17,18)2(10,13)1(9,12)4(15,16)3(11,14)6(8,19)20. The van der Waals surface area contributed by atoms with Crippen LogP contribution in [0.25, 0.3) is 0 Å². The van der Waals surface area contributed by atoms with Crippen LogP contribution in [-0.4, -0.2) is 31.0 Å². The summed E-state index contributed by atoms with van der Waals surface area (Å²) in [4.78, 5) is -10.7. The van der Waals surface area contributed by atoms with Crippen molar-refractivity contribution in [2.45, 2.75) is 31.0 Å². The molecule has 0 radical (unpaired) electrons. The minimum Gasteiger partial charge on any atom is -0.214 e. The van der Waals surface area contributed by atoms with E-state index in [9.17, 15) is 39.5 Å². The van der Waals surface area contributed by atoms with Crippen molar-refractivity contribution in [2.75, 3.05) is 0 Å². The molecule has 20 heavy (non-hydrogen) atoms. The van der Waals surface area contributed by atoms with E-state index in [0.29, 0.717) is 0 Å². The smallest absolute Gasteiger partial charge is 0.214 e. The summed E-state index contributed by atoms with van der Waals surface area (Å²) in [5.74, 6) is -6.40. The molecule has 0 aromatic rings. The molecule has 0 aromatic heterocycles. The summed E-state index contributed by atoms with van der Waals surface area (Å²) in [7, 11) is 0. The van der Waals surface area contributed by atoms with Crippen LogP contribution < -0.4 is 0 Å². The molecule has 0 heterocycles. The van der Waals surface area contributed by atoms with Crippen LogP contribution in [0.2, 0.25) is 0 Å². The van der Waals surface area contributed by atoms with Crippen molar-refractivity contribution in [1.82, 2.24) is 0 Å². The van der Waals surface area contributed by atoms with Gasteiger partial charge >= 0.3 is 31.0 Å². The number of halogens is 14. The third-order valence-electron chi connectivity index (χ3n) is 1.90. The van der Waals surface area contributed by atoms with Crippen molar-refractivity contribution in [1.29, 1.82) is 0 Å². The van der Waals surface area contributed by atoms with E-state index in [2.05, 4.69) is 34.8 Å². The molecule has 0 saturated carbocycles. The van der Waals surface area contributed by atoms with Crippen molar-refractivity contribution in [3.8, 4) is 0 Å². The van der Waals surface area contributed by atoms with Crippen molar-refractivity contribution in [3.05, 3.63) is 0 Å². The maximum absolute atomic E-state index is 13.5. The highest BCUT2D eigenvalue weighted by molar-refractivity contribution is 9.10. The molecule has 122 valence electrons. The fraction of sp³-hybridized carbons (Fsp3) is 1.00. The highest BCUT2D eigenvalue weighted by Gasteiger charge is 2.85. The molecule has 0 amide bonds. The van der Waals surface area contributed by atoms with E-state index < -0.39 is 31.0 Å². The monoisotopic (exact) mass is 506 g/mol. The van der Waals surface area contributed by atoms with Crippen molar-refractivity contribution < 1.29 is 39.5 Å². The molecule has 0 aromatic carbocycles. The zero-order valence-electron chi connectivity index (χ0n) is 8.29. The van der Waals surface area contributed by atoms with Gasteiger partial charge in [-0.05, 0) is 31.9 Å². The van der Waals surface area contributed by atoms with E-state index in [1.165, 1.54) is 0 Å². The van der Waals surface area contributed by atoms with E-state index in [1.54, 1.807) is 0 Å². The topological polar surface area (TPSA) is 0 Å². The fourth-order valence-electron chi connectivity index (χ4n) is 0.750. The minimum atomic E-state index is -6.40. The number of hydrogen-bond acceptors (Lipinski definition) is 0. The molecule has 14 heteroatoms. The van der Waals surface area contributed by atoms with Gasteiger partial charge in [0.2, 0.25) is 0 Å². The zero-order chi connectivity index (χ0) is 17.0. The summed E-state index contributed by atoms with van der Waals surface area (Å²) >= 11 is 14.6. The third kappa shape index (κ3) is 2.98. The van der Waals surface area contributed by atoms with Gasteiger partial charge in [-0.15, -0.1) is 0 Å². The van der Waals surface area contributed by atoms with Gasteiger partial charge in [-0.1, -0.05) is 34.8 Å². The summed E-state index contributed by atoms with van der Waals surface area (Å²) in [5.41, 5.74) is 0. The van der Waals surface area contributed by atoms with Gasteiger partial charge in [0, 0.05) is 0 Å². The Morgan fingerprint density at radius 1 is 0.500 bits per heavy atom. The van der Waals surface area contributed by atoms with Crippen LogP contribution in [0, 0.1) is 0 Å². The predicted octanol–water partition coefficient (Wildman–Crippen LogP) is 6.31. The summed E-state index contributed by atoms with van der Waals surface area (Å²) in [5, 5.41) is -17.1. The van der Waals surface area contributed by atoms with Gasteiger partial charge in [0.15, 0.2) is 0 Å². The highest BCUT2D eigenvalue weighted by Crippen LogP contribution is 2.64.